The summed E-state index contributed by atoms with van der Waals surface area (Å²) in [5, 5.41) is 0. The molecule has 2 fully saturated rings. The topological polar surface area (TPSA) is 0 Å². The molecule has 0 aromatic heterocycles. The third-order valence-electron chi connectivity index (χ3n) is 6.17. The number of allylic oxidation sites excluding steroid dienone is 1. The molecule has 20 heavy (non-hydrogen) atoms. The van der Waals surface area contributed by atoms with E-state index in [-0.39, 0.29) is 0 Å². The van der Waals surface area contributed by atoms with E-state index in [1.165, 1.54) is 70.6 Å². The van der Waals surface area contributed by atoms with Crippen LogP contribution in [0, 0.1) is 23.7 Å². The summed E-state index contributed by atoms with van der Waals surface area (Å²) in [6.07, 6.45) is 21.5. The fraction of sp³-hybridized carbons (Fsp3) is 0.900. The van der Waals surface area contributed by atoms with Crippen molar-refractivity contribution < 1.29 is 0 Å². The molecule has 0 aromatic carbocycles. The largest absolute Gasteiger partial charge is 0.103 e. The molecule has 2 aliphatic rings. The number of hydrogen-bond donors (Lipinski definition) is 0. The van der Waals surface area contributed by atoms with E-state index in [1.54, 1.807) is 12.8 Å². The summed E-state index contributed by atoms with van der Waals surface area (Å²) in [5.74, 6) is 4.05. The van der Waals surface area contributed by atoms with Crippen LogP contribution in [-0.2, 0) is 0 Å². The first-order valence-electron chi connectivity index (χ1n) is 9.46. The quantitative estimate of drug-likeness (QED) is 0.356. The molecule has 2 saturated carbocycles. The van der Waals surface area contributed by atoms with E-state index in [0.717, 1.165) is 23.7 Å². The molecule has 2 rings (SSSR count). The number of hydrogen-bond acceptors (Lipinski definition) is 0. The van der Waals surface area contributed by atoms with Crippen molar-refractivity contribution in [1.82, 2.24) is 0 Å². The lowest BCUT2D eigenvalue weighted by Crippen LogP contribution is -2.25. The second-order valence-corrected chi connectivity index (χ2v) is 7.54. The molecule has 0 N–H and O–H groups in total. The maximum Gasteiger partial charge on any atom is -0.0236 e. The van der Waals surface area contributed by atoms with Gasteiger partial charge in [-0.3, -0.25) is 0 Å². The van der Waals surface area contributed by atoms with Crippen molar-refractivity contribution in [2.24, 2.45) is 23.7 Å². The number of rotatable bonds is 7. The van der Waals surface area contributed by atoms with Crippen LogP contribution in [0.3, 0.4) is 0 Å². The molecule has 0 heterocycles. The Labute approximate surface area is 127 Å². The van der Waals surface area contributed by atoms with Gasteiger partial charge in [-0.1, -0.05) is 57.9 Å². The average Bonchev–Trinajstić information content (AvgIpc) is 2.52. The van der Waals surface area contributed by atoms with Crippen LogP contribution in [0.1, 0.15) is 90.4 Å². The Hall–Kier alpha value is -0.260. The molecule has 0 saturated heterocycles. The maximum atomic E-state index is 3.97. The Morgan fingerprint density at radius 2 is 1.40 bits per heavy atom. The van der Waals surface area contributed by atoms with Crippen molar-refractivity contribution in [3.05, 3.63) is 12.7 Å². The molecule has 116 valence electrons. The first-order valence-corrected chi connectivity index (χ1v) is 9.46. The van der Waals surface area contributed by atoms with Gasteiger partial charge in [0.25, 0.3) is 0 Å². The molecule has 0 nitrogen and oxygen atoms in total. The molecule has 0 spiro atoms. The summed E-state index contributed by atoms with van der Waals surface area (Å²) in [4.78, 5) is 0. The van der Waals surface area contributed by atoms with E-state index >= 15 is 0 Å². The minimum atomic E-state index is 0.834. The molecular formula is C20H36. The van der Waals surface area contributed by atoms with Gasteiger partial charge >= 0.3 is 0 Å². The predicted octanol–water partition coefficient (Wildman–Crippen LogP) is 6.76. The third kappa shape index (κ3) is 4.93. The molecule has 2 aliphatic carbocycles. The molecular weight excluding hydrogens is 240 g/mol. The van der Waals surface area contributed by atoms with Crippen LogP contribution in [0.15, 0.2) is 12.7 Å². The van der Waals surface area contributed by atoms with Crippen LogP contribution < -0.4 is 0 Å². The highest BCUT2D eigenvalue weighted by Gasteiger charge is 2.29. The lowest BCUT2D eigenvalue weighted by molar-refractivity contribution is 0.151. The van der Waals surface area contributed by atoms with Gasteiger partial charge in [0, 0.05) is 0 Å². The monoisotopic (exact) mass is 276 g/mol. The first kappa shape index (κ1) is 16.1. The van der Waals surface area contributed by atoms with Gasteiger partial charge < -0.3 is 0 Å². The van der Waals surface area contributed by atoms with E-state index in [2.05, 4.69) is 19.6 Å². The standard InChI is InChI=1S/C20H36/c1-3-5-6-7-8-18-11-15-20(16-12-18)19-13-9-17(4-2)10-14-19/h4,17-20H,2-3,5-16H2,1H3. The zero-order chi connectivity index (χ0) is 14.2. The van der Waals surface area contributed by atoms with E-state index < -0.39 is 0 Å². The van der Waals surface area contributed by atoms with Crippen LogP contribution in [-0.4, -0.2) is 0 Å². The van der Waals surface area contributed by atoms with Crippen LogP contribution in [0.5, 0.6) is 0 Å². The summed E-state index contributed by atoms with van der Waals surface area (Å²) in [6, 6.07) is 0. The predicted molar refractivity (Wildman–Crippen MR) is 89.9 cm³/mol. The van der Waals surface area contributed by atoms with Gasteiger partial charge in [-0.05, 0) is 62.2 Å². The molecule has 0 bridgehead atoms. The van der Waals surface area contributed by atoms with Crippen LogP contribution in [0.2, 0.25) is 0 Å². The SMILES string of the molecule is C=CC1CCC(C2CCC(CCCCCC)CC2)CC1. The summed E-state index contributed by atoms with van der Waals surface area (Å²) in [6.45, 7) is 6.29. The highest BCUT2D eigenvalue weighted by molar-refractivity contribution is 4.87. The summed E-state index contributed by atoms with van der Waals surface area (Å²) >= 11 is 0. The fourth-order valence-corrected chi connectivity index (χ4v) is 4.66. The van der Waals surface area contributed by atoms with Crippen LogP contribution in [0.4, 0.5) is 0 Å². The van der Waals surface area contributed by atoms with E-state index in [1.807, 2.05) is 0 Å². The molecule has 0 heteroatoms. The van der Waals surface area contributed by atoms with Crippen molar-refractivity contribution >= 4 is 0 Å². The molecule has 0 aromatic rings. The van der Waals surface area contributed by atoms with Gasteiger partial charge in [0.2, 0.25) is 0 Å². The van der Waals surface area contributed by atoms with Gasteiger partial charge in [0.15, 0.2) is 0 Å². The van der Waals surface area contributed by atoms with Gasteiger partial charge in [0.05, 0.1) is 0 Å². The van der Waals surface area contributed by atoms with Crippen molar-refractivity contribution in [1.29, 1.82) is 0 Å². The zero-order valence-electron chi connectivity index (χ0n) is 13.8. The Balaban J connectivity index is 1.60. The molecule has 0 aliphatic heterocycles. The molecule has 0 atom stereocenters. The van der Waals surface area contributed by atoms with Crippen LogP contribution >= 0.6 is 0 Å². The fourth-order valence-electron chi connectivity index (χ4n) is 4.66. The summed E-state index contributed by atoms with van der Waals surface area (Å²) in [7, 11) is 0. The van der Waals surface area contributed by atoms with Gasteiger partial charge in [-0.25, -0.2) is 0 Å². The first-order chi connectivity index (χ1) is 9.83. The third-order valence-corrected chi connectivity index (χ3v) is 6.17. The maximum absolute atomic E-state index is 3.97. The second-order valence-electron chi connectivity index (χ2n) is 7.54. The molecule has 0 radical (unpaired) electrons. The minimum Gasteiger partial charge on any atom is -0.103 e. The highest BCUT2D eigenvalue weighted by Crippen LogP contribution is 2.42. The Morgan fingerprint density at radius 3 is 1.95 bits per heavy atom. The Kier molecular flexibility index (Phi) is 7.17. The molecule has 0 amide bonds. The molecule has 0 unspecified atom stereocenters. The van der Waals surface area contributed by atoms with E-state index in [9.17, 15) is 0 Å². The van der Waals surface area contributed by atoms with E-state index in [4.69, 9.17) is 0 Å². The zero-order valence-corrected chi connectivity index (χ0v) is 13.8. The van der Waals surface area contributed by atoms with Crippen molar-refractivity contribution in [2.45, 2.75) is 90.4 Å². The second kappa shape index (κ2) is 8.90. The van der Waals surface area contributed by atoms with Crippen molar-refractivity contribution in [3.63, 3.8) is 0 Å². The number of unbranched alkanes of at least 4 members (excludes halogenated alkanes) is 3. The van der Waals surface area contributed by atoms with Gasteiger partial charge in [0.1, 0.15) is 0 Å². The average molecular weight is 277 g/mol. The Bertz CT molecular complexity index is 251. The van der Waals surface area contributed by atoms with Crippen molar-refractivity contribution in [3.8, 4) is 0 Å². The van der Waals surface area contributed by atoms with E-state index in [0.29, 0.717) is 0 Å². The smallest absolute Gasteiger partial charge is 0.0236 e. The van der Waals surface area contributed by atoms with Gasteiger partial charge in [-0.15, -0.1) is 6.58 Å². The normalized spacial score (nSPS) is 34.9. The highest BCUT2D eigenvalue weighted by atomic mass is 14.3. The summed E-state index contributed by atoms with van der Waals surface area (Å²) in [5.41, 5.74) is 0. The lowest BCUT2D eigenvalue weighted by atomic mass is 9.68. The van der Waals surface area contributed by atoms with Gasteiger partial charge in [-0.2, -0.15) is 0 Å². The minimum absolute atomic E-state index is 0.834. The Morgan fingerprint density at radius 1 is 0.800 bits per heavy atom. The lowest BCUT2D eigenvalue weighted by Gasteiger charge is -2.37. The van der Waals surface area contributed by atoms with Crippen molar-refractivity contribution in [2.75, 3.05) is 0 Å². The summed E-state index contributed by atoms with van der Waals surface area (Å²) < 4.78 is 0. The van der Waals surface area contributed by atoms with Crippen LogP contribution in [0.25, 0.3) is 0 Å².